The minimum Gasteiger partial charge on any atom is -0.398 e. The number of aromatic nitrogens is 5. The highest BCUT2D eigenvalue weighted by Gasteiger charge is 2.19. The number of anilines is 1. The number of nitrogen functional groups attached to an aromatic ring is 1. The van der Waals surface area contributed by atoms with Crippen molar-refractivity contribution in [1.82, 2.24) is 29.8 Å². The Kier molecular flexibility index (Phi) is 7.27. The quantitative estimate of drug-likeness (QED) is 0.119. The average molecular weight is 519 g/mol. The second-order valence-electron chi connectivity index (χ2n) is 9.92. The standard InChI is InChI=1S/C31H34N8/c1-5-21(13-24(6-2)36-20(4)22-9-7-8-10-22)23-11-12-26(32)25(14-23)29(33)31-37-27-15-34-16-28(30(27)38-31)39-17-19(3)35-18-39/h5-6,11-18,22,33,36H,2,4,7-10,32H2,1,3H3,(H,37,38)/b21-5+,24-13+,33-29?. The molecular weight excluding hydrogens is 484 g/mol. The minimum atomic E-state index is 0.203. The average Bonchev–Trinajstić information content (AvgIpc) is 3.72. The predicted octanol–water partition coefficient (Wildman–Crippen LogP) is 6.22. The third-order valence-electron chi connectivity index (χ3n) is 7.25. The van der Waals surface area contributed by atoms with Gasteiger partial charge in [-0.05, 0) is 68.0 Å². The molecule has 5 rings (SSSR count). The van der Waals surface area contributed by atoms with Crippen molar-refractivity contribution in [2.75, 3.05) is 5.73 Å². The number of imidazole rings is 2. The zero-order chi connectivity index (χ0) is 27.5. The number of aryl methyl sites for hydroxylation is 1. The lowest BCUT2D eigenvalue weighted by Gasteiger charge is -2.17. The second-order valence-corrected chi connectivity index (χ2v) is 9.92. The highest BCUT2D eigenvalue weighted by Crippen LogP contribution is 2.30. The number of benzene rings is 1. The van der Waals surface area contributed by atoms with Gasteiger partial charge in [0.1, 0.15) is 11.2 Å². The minimum absolute atomic E-state index is 0.203. The van der Waals surface area contributed by atoms with Crippen molar-refractivity contribution in [3.63, 3.8) is 0 Å². The van der Waals surface area contributed by atoms with Gasteiger partial charge in [-0.25, -0.2) is 9.97 Å². The van der Waals surface area contributed by atoms with E-state index in [0.29, 0.717) is 28.5 Å². The lowest BCUT2D eigenvalue weighted by molar-refractivity contribution is 0.607. The summed E-state index contributed by atoms with van der Waals surface area (Å²) in [6.45, 7) is 12.2. The van der Waals surface area contributed by atoms with Crippen molar-refractivity contribution in [3.8, 4) is 5.69 Å². The predicted molar refractivity (Wildman–Crippen MR) is 159 cm³/mol. The lowest BCUT2D eigenvalue weighted by atomic mass is 9.98. The molecule has 1 aromatic carbocycles. The number of aromatic amines is 1. The summed E-state index contributed by atoms with van der Waals surface area (Å²) in [5.41, 5.74) is 14.6. The maximum atomic E-state index is 9.00. The van der Waals surface area contributed by atoms with Gasteiger partial charge in [-0.15, -0.1) is 0 Å². The lowest BCUT2D eigenvalue weighted by Crippen LogP contribution is -2.16. The Balaban J connectivity index is 1.45. The molecule has 8 heteroatoms. The Morgan fingerprint density at radius 2 is 2.05 bits per heavy atom. The zero-order valence-electron chi connectivity index (χ0n) is 22.5. The summed E-state index contributed by atoms with van der Waals surface area (Å²) < 4.78 is 1.88. The molecule has 1 fully saturated rings. The van der Waals surface area contributed by atoms with Gasteiger partial charge in [-0.1, -0.05) is 38.1 Å². The molecule has 5 N–H and O–H groups in total. The Morgan fingerprint density at radius 1 is 1.26 bits per heavy atom. The monoisotopic (exact) mass is 518 g/mol. The van der Waals surface area contributed by atoms with Gasteiger partial charge in [-0.2, -0.15) is 0 Å². The normalized spacial score (nSPS) is 14.6. The van der Waals surface area contributed by atoms with E-state index in [-0.39, 0.29) is 5.71 Å². The molecule has 39 heavy (non-hydrogen) atoms. The van der Waals surface area contributed by atoms with E-state index < -0.39 is 0 Å². The van der Waals surface area contributed by atoms with Crippen molar-refractivity contribution in [1.29, 1.82) is 5.41 Å². The zero-order valence-corrected chi connectivity index (χ0v) is 22.5. The van der Waals surface area contributed by atoms with Crippen LogP contribution in [0.5, 0.6) is 0 Å². The van der Waals surface area contributed by atoms with Crippen LogP contribution in [0.2, 0.25) is 0 Å². The van der Waals surface area contributed by atoms with Crippen LogP contribution in [-0.4, -0.2) is 30.2 Å². The van der Waals surface area contributed by atoms with E-state index in [1.807, 2.05) is 55.0 Å². The number of nitrogens with one attached hydrogen (secondary N) is 3. The van der Waals surface area contributed by atoms with Gasteiger partial charge in [-0.3, -0.25) is 10.4 Å². The fourth-order valence-electron chi connectivity index (χ4n) is 5.07. The highest BCUT2D eigenvalue weighted by atomic mass is 15.1. The molecule has 0 spiro atoms. The van der Waals surface area contributed by atoms with Crippen LogP contribution in [0.15, 0.2) is 85.9 Å². The summed E-state index contributed by atoms with van der Waals surface area (Å²) in [6, 6.07) is 5.73. The Labute approximate surface area is 228 Å². The maximum Gasteiger partial charge on any atom is 0.157 e. The molecule has 3 heterocycles. The first kappa shape index (κ1) is 25.9. The van der Waals surface area contributed by atoms with Crippen LogP contribution in [0.4, 0.5) is 5.69 Å². The summed E-state index contributed by atoms with van der Waals surface area (Å²) in [5.74, 6) is 0.919. The molecule has 4 aromatic rings. The van der Waals surface area contributed by atoms with E-state index in [9.17, 15) is 0 Å². The van der Waals surface area contributed by atoms with E-state index in [4.69, 9.17) is 16.1 Å². The van der Waals surface area contributed by atoms with Crippen molar-refractivity contribution in [2.24, 2.45) is 5.92 Å². The molecule has 3 aromatic heterocycles. The Morgan fingerprint density at radius 3 is 2.74 bits per heavy atom. The van der Waals surface area contributed by atoms with Gasteiger partial charge in [0, 0.05) is 28.8 Å². The van der Waals surface area contributed by atoms with Crippen molar-refractivity contribution in [3.05, 3.63) is 109 Å². The molecule has 0 radical (unpaired) electrons. The first-order valence-corrected chi connectivity index (χ1v) is 13.2. The number of rotatable bonds is 9. The van der Waals surface area contributed by atoms with Crippen LogP contribution in [0.3, 0.4) is 0 Å². The van der Waals surface area contributed by atoms with E-state index in [0.717, 1.165) is 39.4 Å². The number of hydrogen-bond acceptors (Lipinski definition) is 6. The number of fused-ring (bicyclic) bond motifs is 1. The molecular formula is C31H34N8. The first-order chi connectivity index (χ1) is 18.9. The van der Waals surface area contributed by atoms with E-state index >= 15 is 0 Å². The highest BCUT2D eigenvalue weighted by molar-refractivity contribution is 6.13. The van der Waals surface area contributed by atoms with Crippen LogP contribution in [0.1, 0.15) is 55.3 Å². The molecule has 1 saturated carbocycles. The largest absolute Gasteiger partial charge is 0.398 e. The third kappa shape index (κ3) is 5.31. The van der Waals surface area contributed by atoms with Gasteiger partial charge in [0.2, 0.25) is 0 Å². The Hall–Kier alpha value is -4.72. The molecule has 0 amide bonds. The fourth-order valence-corrected chi connectivity index (χ4v) is 5.07. The van der Waals surface area contributed by atoms with Crippen LogP contribution < -0.4 is 11.1 Å². The molecule has 0 unspecified atom stereocenters. The number of allylic oxidation sites excluding steroid dienone is 5. The molecule has 0 aliphatic heterocycles. The summed E-state index contributed by atoms with van der Waals surface area (Å²) in [7, 11) is 0. The smallest absolute Gasteiger partial charge is 0.157 e. The number of pyridine rings is 1. The SMILES string of the molecule is C=C/C(=C\C(=C/C)c1ccc(N)c(C(=N)c2nc3c(-n4cnc(C)c4)cncc3[nH]2)c1)NC(=C)C1CCCC1. The van der Waals surface area contributed by atoms with Gasteiger partial charge in [0.05, 0.1) is 35.6 Å². The van der Waals surface area contributed by atoms with Crippen LogP contribution in [-0.2, 0) is 0 Å². The Bertz CT molecular complexity index is 1630. The molecule has 0 atom stereocenters. The molecule has 8 nitrogen and oxygen atoms in total. The maximum absolute atomic E-state index is 9.00. The van der Waals surface area contributed by atoms with Crippen LogP contribution in [0.25, 0.3) is 22.3 Å². The summed E-state index contributed by atoms with van der Waals surface area (Å²) in [5, 5.41) is 12.5. The van der Waals surface area contributed by atoms with Crippen molar-refractivity contribution >= 4 is 28.0 Å². The first-order valence-electron chi connectivity index (χ1n) is 13.2. The number of nitrogens with zero attached hydrogens (tertiary/aromatic N) is 4. The van der Waals surface area contributed by atoms with Crippen molar-refractivity contribution < 1.29 is 0 Å². The molecule has 1 aliphatic carbocycles. The molecule has 1 aliphatic rings. The topological polar surface area (TPSA) is 121 Å². The molecule has 0 saturated heterocycles. The molecule has 0 bridgehead atoms. The van der Waals surface area contributed by atoms with E-state index in [1.54, 1.807) is 18.7 Å². The molecule has 198 valence electrons. The van der Waals surface area contributed by atoms with Crippen LogP contribution in [0, 0.1) is 18.3 Å². The van der Waals surface area contributed by atoms with Gasteiger partial charge < -0.3 is 20.6 Å². The van der Waals surface area contributed by atoms with E-state index in [2.05, 4.69) is 39.5 Å². The van der Waals surface area contributed by atoms with E-state index in [1.165, 1.54) is 25.7 Å². The number of H-pyrrole nitrogens is 1. The van der Waals surface area contributed by atoms with Gasteiger partial charge in [0.15, 0.2) is 5.82 Å². The van der Waals surface area contributed by atoms with Crippen LogP contribution >= 0.6 is 0 Å². The fraction of sp³-hybridized carbons (Fsp3) is 0.226. The van der Waals surface area contributed by atoms with Crippen molar-refractivity contribution in [2.45, 2.75) is 39.5 Å². The summed E-state index contributed by atoms with van der Waals surface area (Å²) >= 11 is 0. The second kappa shape index (κ2) is 10.9. The third-order valence-corrected chi connectivity index (χ3v) is 7.25. The summed E-state index contributed by atoms with van der Waals surface area (Å²) in [4.78, 5) is 16.7. The summed E-state index contributed by atoms with van der Waals surface area (Å²) in [6.07, 6.45) is 17.9. The van der Waals surface area contributed by atoms with Gasteiger partial charge in [0.25, 0.3) is 0 Å². The van der Waals surface area contributed by atoms with Gasteiger partial charge >= 0.3 is 0 Å². The number of hydrogen-bond donors (Lipinski definition) is 4. The number of nitrogens with two attached hydrogens (primary N) is 1.